The Balaban J connectivity index is 3.02. The van der Waals surface area contributed by atoms with Crippen LogP contribution < -0.4 is 0 Å². The van der Waals surface area contributed by atoms with Gasteiger partial charge in [-0.2, -0.15) is 18.3 Å². The molecule has 0 aromatic carbocycles. The van der Waals surface area contributed by atoms with Gasteiger partial charge in [-0.25, -0.2) is 4.79 Å². The molecule has 0 aliphatic rings. The Morgan fingerprint density at radius 2 is 2.17 bits per heavy atom. The number of nitrogens with zero attached hydrogens (tertiary/aromatic N) is 2. The summed E-state index contributed by atoms with van der Waals surface area (Å²) in [7, 11) is 1.13. The molecule has 0 saturated heterocycles. The summed E-state index contributed by atoms with van der Waals surface area (Å²) in [6.07, 6.45) is -7.29. The van der Waals surface area contributed by atoms with Crippen LogP contribution in [-0.2, 0) is 11.3 Å². The smallest absolute Gasteiger partial charge is 0.416 e. The van der Waals surface area contributed by atoms with E-state index < -0.39 is 24.8 Å². The molecule has 1 aromatic rings. The van der Waals surface area contributed by atoms with Crippen molar-refractivity contribution in [2.75, 3.05) is 7.11 Å². The Hall–Kier alpha value is -1.09. The minimum absolute atomic E-state index is 0.135. The number of hydrogen-bond acceptors (Lipinski definition) is 4. The number of aliphatic hydroxyl groups is 1. The van der Waals surface area contributed by atoms with Crippen LogP contribution in [-0.4, -0.2) is 40.2 Å². The molecule has 5 nitrogen and oxygen atoms in total. The average Bonchev–Trinajstić information content (AvgIpc) is 2.55. The van der Waals surface area contributed by atoms with E-state index in [1.807, 2.05) is 0 Å². The highest BCUT2D eigenvalue weighted by molar-refractivity contribution is 9.10. The van der Waals surface area contributed by atoms with E-state index in [0.29, 0.717) is 5.69 Å². The molecule has 0 aliphatic heterocycles. The van der Waals surface area contributed by atoms with E-state index in [0.717, 1.165) is 11.8 Å². The second-order valence-electron chi connectivity index (χ2n) is 3.48. The van der Waals surface area contributed by atoms with Crippen LogP contribution in [0, 0.1) is 6.92 Å². The second kappa shape index (κ2) is 5.27. The molecule has 102 valence electrons. The Kier molecular flexibility index (Phi) is 4.38. The fourth-order valence-corrected chi connectivity index (χ4v) is 1.64. The average molecular weight is 331 g/mol. The van der Waals surface area contributed by atoms with Crippen molar-refractivity contribution >= 4 is 21.9 Å². The fourth-order valence-electron chi connectivity index (χ4n) is 1.20. The number of hydrogen-bond donors (Lipinski definition) is 1. The molecule has 0 spiro atoms. The zero-order valence-electron chi connectivity index (χ0n) is 9.45. The van der Waals surface area contributed by atoms with Gasteiger partial charge in [-0.05, 0) is 22.9 Å². The van der Waals surface area contributed by atoms with Crippen LogP contribution in [0.1, 0.15) is 16.2 Å². The third-order valence-electron chi connectivity index (χ3n) is 2.24. The van der Waals surface area contributed by atoms with E-state index in [1.165, 1.54) is 6.92 Å². The van der Waals surface area contributed by atoms with Gasteiger partial charge in [0, 0.05) is 0 Å². The number of esters is 1. The van der Waals surface area contributed by atoms with Crippen molar-refractivity contribution in [1.82, 2.24) is 9.78 Å². The topological polar surface area (TPSA) is 64.3 Å². The molecular weight excluding hydrogens is 321 g/mol. The molecule has 9 heteroatoms. The van der Waals surface area contributed by atoms with E-state index in [-0.39, 0.29) is 10.2 Å². The maximum atomic E-state index is 12.2. The lowest BCUT2D eigenvalue weighted by molar-refractivity contribution is -0.208. The predicted molar refractivity (Wildman–Crippen MR) is 58.1 cm³/mol. The Morgan fingerprint density at radius 3 is 2.61 bits per heavy atom. The van der Waals surface area contributed by atoms with Crippen LogP contribution in [0.5, 0.6) is 0 Å². The van der Waals surface area contributed by atoms with Crippen molar-refractivity contribution < 1.29 is 27.8 Å². The summed E-state index contributed by atoms with van der Waals surface area (Å²) in [5.41, 5.74) is 0.156. The molecule has 1 N–H and O–H groups in total. The maximum absolute atomic E-state index is 12.2. The first-order valence-electron chi connectivity index (χ1n) is 4.74. The Morgan fingerprint density at radius 1 is 1.61 bits per heavy atom. The molecule has 18 heavy (non-hydrogen) atoms. The van der Waals surface area contributed by atoms with Crippen molar-refractivity contribution in [2.45, 2.75) is 25.7 Å². The van der Waals surface area contributed by atoms with Gasteiger partial charge in [0.05, 0.1) is 23.8 Å². The lowest BCUT2D eigenvalue weighted by Crippen LogP contribution is -2.33. The molecule has 1 rings (SSSR count). The highest BCUT2D eigenvalue weighted by Gasteiger charge is 2.39. The lowest BCUT2D eigenvalue weighted by atomic mass is 10.3. The van der Waals surface area contributed by atoms with Crippen molar-refractivity contribution in [1.29, 1.82) is 0 Å². The predicted octanol–water partition coefficient (Wildman–Crippen LogP) is 1.66. The molecule has 0 saturated carbocycles. The lowest BCUT2D eigenvalue weighted by Gasteiger charge is -2.15. The standard InChI is InChI=1S/C9H10BrF3N2O3/c1-4-6(10)7(8(17)18-2)14-15(4)3-5(16)9(11,12)13/h5,16H,3H2,1-2H3/t5-/m0/s1. The molecular formula is C9H10BrF3N2O3. The summed E-state index contributed by atoms with van der Waals surface area (Å²) in [4.78, 5) is 11.3. The molecule has 1 aromatic heterocycles. The summed E-state index contributed by atoms with van der Waals surface area (Å²) >= 11 is 3.04. The highest BCUT2D eigenvalue weighted by Crippen LogP contribution is 2.25. The summed E-state index contributed by atoms with van der Waals surface area (Å²) in [5, 5.41) is 12.6. The maximum Gasteiger partial charge on any atom is 0.416 e. The van der Waals surface area contributed by atoms with Crippen molar-refractivity contribution in [2.24, 2.45) is 0 Å². The van der Waals surface area contributed by atoms with Crippen LogP contribution in [0.3, 0.4) is 0 Å². The molecule has 0 amide bonds. The molecule has 0 fully saturated rings. The number of aliphatic hydroxyl groups excluding tert-OH is 1. The molecule has 0 bridgehead atoms. The number of carbonyl (C=O) groups excluding carboxylic acids is 1. The Bertz CT molecular complexity index is 459. The number of rotatable bonds is 3. The van der Waals surface area contributed by atoms with Gasteiger partial charge >= 0.3 is 12.1 Å². The minimum atomic E-state index is -4.74. The van der Waals surface area contributed by atoms with Crippen LogP contribution >= 0.6 is 15.9 Å². The van der Waals surface area contributed by atoms with Gasteiger partial charge in [-0.3, -0.25) is 4.68 Å². The molecule has 1 heterocycles. The number of ether oxygens (including phenoxy) is 1. The zero-order chi connectivity index (χ0) is 14.1. The third-order valence-corrected chi connectivity index (χ3v) is 3.19. The number of alkyl halides is 3. The highest BCUT2D eigenvalue weighted by atomic mass is 79.9. The first kappa shape index (κ1) is 15.0. The molecule has 0 radical (unpaired) electrons. The SMILES string of the molecule is COC(=O)c1nn(C[C@H](O)C(F)(F)F)c(C)c1Br. The van der Waals surface area contributed by atoms with Crippen LogP contribution in [0.15, 0.2) is 4.47 Å². The Labute approximate surface area is 109 Å². The monoisotopic (exact) mass is 330 g/mol. The fraction of sp³-hybridized carbons (Fsp3) is 0.556. The van der Waals surface area contributed by atoms with Gasteiger partial charge in [0.15, 0.2) is 11.8 Å². The van der Waals surface area contributed by atoms with E-state index in [1.54, 1.807) is 0 Å². The summed E-state index contributed by atoms with van der Waals surface area (Å²) in [5.74, 6) is -0.773. The largest absolute Gasteiger partial charge is 0.464 e. The van der Waals surface area contributed by atoms with E-state index >= 15 is 0 Å². The van der Waals surface area contributed by atoms with Crippen molar-refractivity contribution in [3.63, 3.8) is 0 Å². The third kappa shape index (κ3) is 3.02. The van der Waals surface area contributed by atoms with Crippen molar-refractivity contribution in [3.8, 4) is 0 Å². The van der Waals surface area contributed by atoms with Crippen LogP contribution in [0.4, 0.5) is 13.2 Å². The minimum Gasteiger partial charge on any atom is -0.464 e. The van der Waals surface area contributed by atoms with Gasteiger partial charge in [0.1, 0.15) is 0 Å². The molecule has 0 unspecified atom stereocenters. The van der Waals surface area contributed by atoms with Gasteiger partial charge in [0.25, 0.3) is 0 Å². The number of carbonyl (C=O) groups is 1. The number of aromatic nitrogens is 2. The van der Waals surface area contributed by atoms with Gasteiger partial charge in [-0.1, -0.05) is 0 Å². The van der Waals surface area contributed by atoms with Gasteiger partial charge in [0.2, 0.25) is 0 Å². The van der Waals surface area contributed by atoms with Crippen LogP contribution in [0.2, 0.25) is 0 Å². The van der Waals surface area contributed by atoms with E-state index in [2.05, 4.69) is 25.8 Å². The summed E-state index contributed by atoms with van der Waals surface area (Å²) in [6.45, 7) is 0.678. The normalized spacial score (nSPS) is 13.5. The van der Waals surface area contributed by atoms with E-state index in [9.17, 15) is 18.0 Å². The first-order valence-corrected chi connectivity index (χ1v) is 5.53. The van der Waals surface area contributed by atoms with Crippen molar-refractivity contribution in [3.05, 3.63) is 15.9 Å². The quantitative estimate of drug-likeness (QED) is 0.856. The van der Waals surface area contributed by atoms with Gasteiger partial charge in [-0.15, -0.1) is 0 Å². The number of halogens is 4. The summed E-state index contributed by atoms with van der Waals surface area (Å²) < 4.78 is 42.2. The second-order valence-corrected chi connectivity index (χ2v) is 4.27. The zero-order valence-corrected chi connectivity index (χ0v) is 11.0. The first-order chi connectivity index (χ1) is 8.18. The number of methoxy groups -OCH3 is 1. The molecule has 0 aliphatic carbocycles. The van der Waals surface area contributed by atoms with Crippen LogP contribution in [0.25, 0.3) is 0 Å². The van der Waals surface area contributed by atoms with Gasteiger partial charge < -0.3 is 9.84 Å². The molecule has 1 atom stereocenters. The summed E-state index contributed by atoms with van der Waals surface area (Å²) in [6, 6.07) is 0. The van der Waals surface area contributed by atoms with E-state index in [4.69, 9.17) is 5.11 Å².